The number of anilines is 1. The van der Waals surface area contributed by atoms with Crippen molar-refractivity contribution in [2.24, 2.45) is 0 Å². The van der Waals surface area contributed by atoms with Crippen molar-refractivity contribution < 1.29 is 4.79 Å². The van der Waals surface area contributed by atoms with Crippen molar-refractivity contribution in [3.63, 3.8) is 0 Å². The number of aromatic nitrogens is 5. The molecule has 1 N–H and O–H groups in total. The van der Waals surface area contributed by atoms with Gasteiger partial charge in [-0.25, -0.2) is 14.6 Å². The van der Waals surface area contributed by atoms with Crippen LogP contribution < -0.4 is 10.9 Å². The third kappa shape index (κ3) is 3.32. The first-order valence-electron chi connectivity index (χ1n) is 8.31. The SMILES string of the molecule is Cc1cccn2c(=O)c(C(=O)Nc3cccc(Cn4cncn4)c3)cnc12. The Bertz CT molecular complexity index is 1180. The van der Waals surface area contributed by atoms with E-state index in [1.807, 2.05) is 31.2 Å². The van der Waals surface area contributed by atoms with E-state index in [0.717, 1.165) is 11.1 Å². The lowest BCUT2D eigenvalue weighted by atomic mass is 10.2. The third-order valence-corrected chi connectivity index (χ3v) is 4.17. The minimum atomic E-state index is -0.499. The van der Waals surface area contributed by atoms with E-state index in [9.17, 15) is 9.59 Å². The molecule has 0 bridgehead atoms. The molecule has 134 valence electrons. The smallest absolute Gasteiger partial charge is 0.270 e. The van der Waals surface area contributed by atoms with E-state index >= 15 is 0 Å². The van der Waals surface area contributed by atoms with E-state index in [4.69, 9.17) is 0 Å². The summed E-state index contributed by atoms with van der Waals surface area (Å²) in [6, 6.07) is 11.0. The molecule has 0 radical (unpaired) electrons. The van der Waals surface area contributed by atoms with Crippen LogP contribution in [0.1, 0.15) is 21.5 Å². The van der Waals surface area contributed by atoms with E-state index in [-0.39, 0.29) is 5.56 Å². The van der Waals surface area contributed by atoms with Gasteiger partial charge < -0.3 is 5.32 Å². The molecule has 0 saturated heterocycles. The Morgan fingerprint density at radius 2 is 2.11 bits per heavy atom. The summed E-state index contributed by atoms with van der Waals surface area (Å²) in [4.78, 5) is 33.4. The van der Waals surface area contributed by atoms with Crippen molar-refractivity contribution in [1.29, 1.82) is 0 Å². The Morgan fingerprint density at radius 3 is 2.93 bits per heavy atom. The molecule has 0 spiro atoms. The topological polar surface area (TPSA) is 94.2 Å². The van der Waals surface area contributed by atoms with Gasteiger partial charge in [-0.15, -0.1) is 0 Å². The number of benzene rings is 1. The molecule has 0 aliphatic carbocycles. The van der Waals surface area contributed by atoms with Crippen molar-refractivity contribution in [1.82, 2.24) is 24.1 Å². The van der Waals surface area contributed by atoms with Gasteiger partial charge in [-0.3, -0.25) is 14.0 Å². The van der Waals surface area contributed by atoms with Crippen LogP contribution in [-0.2, 0) is 6.54 Å². The summed E-state index contributed by atoms with van der Waals surface area (Å²) in [6.45, 7) is 2.39. The summed E-state index contributed by atoms with van der Waals surface area (Å²) in [5.74, 6) is -0.499. The van der Waals surface area contributed by atoms with Gasteiger partial charge in [-0.1, -0.05) is 18.2 Å². The zero-order chi connectivity index (χ0) is 18.8. The highest BCUT2D eigenvalue weighted by molar-refractivity contribution is 6.04. The van der Waals surface area contributed by atoms with Gasteiger partial charge >= 0.3 is 0 Å². The zero-order valence-corrected chi connectivity index (χ0v) is 14.5. The lowest BCUT2D eigenvalue weighted by Crippen LogP contribution is -2.27. The monoisotopic (exact) mass is 360 g/mol. The molecular formula is C19H16N6O2. The molecular weight excluding hydrogens is 344 g/mol. The average molecular weight is 360 g/mol. The molecule has 0 aliphatic rings. The number of hydrogen-bond donors (Lipinski definition) is 1. The van der Waals surface area contributed by atoms with Gasteiger partial charge in [0.15, 0.2) is 0 Å². The summed E-state index contributed by atoms with van der Waals surface area (Å²) in [6.07, 6.45) is 6.01. The third-order valence-electron chi connectivity index (χ3n) is 4.17. The van der Waals surface area contributed by atoms with Gasteiger partial charge in [0.2, 0.25) is 0 Å². The van der Waals surface area contributed by atoms with Crippen LogP contribution in [0.25, 0.3) is 5.65 Å². The lowest BCUT2D eigenvalue weighted by Gasteiger charge is -2.09. The summed E-state index contributed by atoms with van der Waals surface area (Å²) in [5, 5.41) is 6.82. The maximum absolute atomic E-state index is 12.6. The summed E-state index contributed by atoms with van der Waals surface area (Å²) >= 11 is 0. The summed E-state index contributed by atoms with van der Waals surface area (Å²) < 4.78 is 3.06. The number of pyridine rings is 1. The Morgan fingerprint density at radius 1 is 1.22 bits per heavy atom. The molecule has 4 aromatic rings. The quantitative estimate of drug-likeness (QED) is 0.600. The van der Waals surface area contributed by atoms with E-state index in [2.05, 4.69) is 20.4 Å². The highest BCUT2D eigenvalue weighted by atomic mass is 16.2. The number of fused-ring (bicyclic) bond motifs is 1. The molecule has 0 unspecified atom stereocenters. The van der Waals surface area contributed by atoms with Crippen LogP contribution >= 0.6 is 0 Å². The molecule has 0 aliphatic heterocycles. The second-order valence-corrected chi connectivity index (χ2v) is 6.11. The minimum Gasteiger partial charge on any atom is -0.322 e. The fourth-order valence-corrected chi connectivity index (χ4v) is 2.85. The molecule has 0 atom stereocenters. The highest BCUT2D eigenvalue weighted by Gasteiger charge is 2.14. The van der Waals surface area contributed by atoms with Crippen LogP contribution in [0.4, 0.5) is 5.69 Å². The highest BCUT2D eigenvalue weighted by Crippen LogP contribution is 2.13. The van der Waals surface area contributed by atoms with Crippen LogP contribution in [0.15, 0.2) is 66.2 Å². The first-order valence-corrected chi connectivity index (χ1v) is 8.31. The fraction of sp³-hybridized carbons (Fsp3) is 0.105. The van der Waals surface area contributed by atoms with E-state index in [0.29, 0.717) is 17.9 Å². The molecule has 4 rings (SSSR count). The number of carbonyl (C=O) groups is 1. The van der Waals surface area contributed by atoms with Crippen LogP contribution in [0.5, 0.6) is 0 Å². The standard InChI is InChI=1S/C19H16N6O2/c1-13-4-3-7-25-17(13)21-9-16(19(25)27)18(26)23-15-6-2-5-14(8-15)10-24-12-20-11-22-24/h2-9,11-12H,10H2,1H3,(H,23,26). The predicted octanol–water partition coefficient (Wildman–Crippen LogP) is 1.90. The number of nitrogens with zero attached hydrogens (tertiary/aromatic N) is 5. The van der Waals surface area contributed by atoms with E-state index in [1.165, 1.54) is 16.9 Å². The second kappa shape index (κ2) is 6.83. The number of aryl methyl sites for hydroxylation is 1. The maximum Gasteiger partial charge on any atom is 0.270 e. The number of carbonyl (C=O) groups excluding carboxylic acids is 1. The average Bonchev–Trinajstić information content (AvgIpc) is 3.16. The largest absolute Gasteiger partial charge is 0.322 e. The first-order chi connectivity index (χ1) is 13.1. The molecule has 8 nitrogen and oxygen atoms in total. The van der Waals surface area contributed by atoms with Crippen LogP contribution in [0.2, 0.25) is 0 Å². The number of nitrogens with one attached hydrogen (secondary N) is 1. The van der Waals surface area contributed by atoms with Gasteiger partial charge in [0.1, 0.15) is 23.9 Å². The van der Waals surface area contributed by atoms with Crippen LogP contribution in [0, 0.1) is 6.92 Å². The molecule has 8 heteroatoms. The lowest BCUT2D eigenvalue weighted by molar-refractivity contribution is 0.102. The summed E-state index contributed by atoms with van der Waals surface area (Å²) in [7, 11) is 0. The Kier molecular flexibility index (Phi) is 4.21. The van der Waals surface area contributed by atoms with Gasteiger partial charge in [0.25, 0.3) is 11.5 Å². The molecule has 0 fully saturated rings. The molecule has 3 heterocycles. The van der Waals surface area contributed by atoms with Gasteiger partial charge in [0.05, 0.1) is 6.54 Å². The second-order valence-electron chi connectivity index (χ2n) is 6.11. The normalized spacial score (nSPS) is 10.9. The van der Waals surface area contributed by atoms with E-state index < -0.39 is 11.5 Å². The van der Waals surface area contributed by atoms with Gasteiger partial charge in [0, 0.05) is 18.1 Å². The molecule has 1 amide bonds. The van der Waals surface area contributed by atoms with Crippen molar-refractivity contribution >= 4 is 17.2 Å². The molecule has 3 aromatic heterocycles. The zero-order valence-electron chi connectivity index (χ0n) is 14.5. The Hall–Kier alpha value is -3.81. The van der Waals surface area contributed by atoms with Crippen molar-refractivity contribution in [2.45, 2.75) is 13.5 Å². The minimum absolute atomic E-state index is 0.0141. The van der Waals surface area contributed by atoms with Crippen LogP contribution in [-0.4, -0.2) is 30.1 Å². The van der Waals surface area contributed by atoms with Crippen molar-refractivity contribution in [3.05, 3.63) is 88.5 Å². The molecule has 27 heavy (non-hydrogen) atoms. The summed E-state index contributed by atoms with van der Waals surface area (Å²) in [5.41, 5.74) is 2.52. The fourth-order valence-electron chi connectivity index (χ4n) is 2.85. The number of rotatable bonds is 4. The Balaban J connectivity index is 1.60. The Labute approximate surface area is 154 Å². The van der Waals surface area contributed by atoms with E-state index in [1.54, 1.807) is 29.3 Å². The molecule has 1 aromatic carbocycles. The number of amides is 1. The van der Waals surface area contributed by atoms with Crippen molar-refractivity contribution in [2.75, 3.05) is 5.32 Å². The van der Waals surface area contributed by atoms with Crippen molar-refractivity contribution in [3.8, 4) is 0 Å². The predicted molar refractivity (Wildman–Crippen MR) is 99.7 cm³/mol. The first kappa shape index (κ1) is 16.6. The number of hydrogen-bond acceptors (Lipinski definition) is 5. The van der Waals surface area contributed by atoms with Gasteiger partial charge in [-0.2, -0.15) is 5.10 Å². The maximum atomic E-state index is 12.6. The molecule has 0 saturated carbocycles. The van der Waals surface area contributed by atoms with Crippen LogP contribution in [0.3, 0.4) is 0 Å². The van der Waals surface area contributed by atoms with Gasteiger partial charge in [-0.05, 0) is 36.2 Å².